The van der Waals surface area contributed by atoms with Crippen LogP contribution in [-0.2, 0) is 9.59 Å². The molecule has 8 heteroatoms. The minimum absolute atomic E-state index is 0.261. The summed E-state index contributed by atoms with van der Waals surface area (Å²) in [4.78, 5) is 28.7. The maximum Gasteiger partial charge on any atom is 0.315 e. The lowest BCUT2D eigenvalue weighted by molar-refractivity contribution is -0.132. The lowest BCUT2D eigenvalue weighted by Gasteiger charge is -2.07. The summed E-state index contributed by atoms with van der Waals surface area (Å²) < 4.78 is 0. The predicted octanol–water partition coefficient (Wildman–Crippen LogP) is 2.57. The Morgan fingerprint density at radius 2 is 1.90 bits per heavy atom. The lowest BCUT2D eigenvalue weighted by atomic mass is 10.3. The monoisotopic (exact) mass is 324 g/mol. The molecule has 1 aromatic carbocycles. The molecule has 0 atom stereocenters. The van der Waals surface area contributed by atoms with E-state index in [4.69, 9.17) is 17.3 Å². The van der Waals surface area contributed by atoms with Crippen molar-refractivity contribution in [1.82, 2.24) is 4.98 Å². The van der Waals surface area contributed by atoms with Gasteiger partial charge in [-0.2, -0.15) is 0 Å². The maximum absolute atomic E-state index is 11.8. The summed E-state index contributed by atoms with van der Waals surface area (Å²) >= 11 is 7.23. The number of hydrogen-bond donors (Lipinski definition) is 3. The van der Waals surface area contributed by atoms with E-state index >= 15 is 0 Å². The van der Waals surface area contributed by atoms with Crippen molar-refractivity contribution in [3.05, 3.63) is 33.8 Å². The molecule has 0 bridgehead atoms. The number of aromatic nitrogens is 1. The van der Waals surface area contributed by atoms with Gasteiger partial charge in [0, 0.05) is 10.6 Å². The van der Waals surface area contributed by atoms with Gasteiger partial charge in [0.25, 0.3) is 0 Å². The van der Waals surface area contributed by atoms with Gasteiger partial charge in [-0.05, 0) is 32.0 Å². The van der Waals surface area contributed by atoms with Crippen molar-refractivity contribution in [2.75, 3.05) is 16.4 Å². The second-order valence-electron chi connectivity index (χ2n) is 4.31. The third kappa shape index (κ3) is 3.71. The quantitative estimate of drug-likeness (QED) is 0.584. The van der Waals surface area contributed by atoms with Crippen molar-refractivity contribution < 1.29 is 9.59 Å². The summed E-state index contributed by atoms with van der Waals surface area (Å²) in [6.07, 6.45) is 0. The number of aryl methyl sites for hydroxylation is 2. The number of carbonyl (C=O) groups is 2. The van der Waals surface area contributed by atoms with Crippen LogP contribution in [0.1, 0.15) is 10.6 Å². The first-order valence-corrected chi connectivity index (χ1v) is 7.17. The molecule has 0 saturated carbocycles. The highest BCUT2D eigenvalue weighted by molar-refractivity contribution is 7.15. The van der Waals surface area contributed by atoms with E-state index in [0.717, 1.165) is 10.6 Å². The second-order valence-corrected chi connectivity index (χ2v) is 5.92. The number of amides is 2. The summed E-state index contributed by atoms with van der Waals surface area (Å²) in [6, 6.07) is 4.59. The molecule has 1 aromatic heterocycles. The van der Waals surface area contributed by atoms with Gasteiger partial charge in [-0.25, -0.2) is 4.98 Å². The van der Waals surface area contributed by atoms with Gasteiger partial charge >= 0.3 is 11.8 Å². The van der Waals surface area contributed by atoms with E-state index in [9.17, 15) is 9.59 Å². The van der Waals surface area contributed by atoms with Crippen molar-refractivity contribution in [2.45, 2.75) is 13.8 Å². The molecule has 6 nitrogen and oxygen atoms in total. The molecule has 2 amide bonds. The average molecular weight is 325 g/mol. The van der Waals surface area contributed by atoms with Crippen molar-refractivity contribution in [3.8, 4) is 0 Å². The minimum Gasteiger partial charge on any atom is -0.399 e. The number of carbonyl (C=O) groups excluding carboxylic acids is 2. The fourth-order valence-electron chi connectivity index (χ4n) is 1.49. The van der Waals surface area contributed by atoms with Crippen LogP contribution in [0, 0.1) is 13.8 Å². The molecule has 0 unspecified atom stereocenters. The zero-order valence-electron chi connectivity index (χ0n) is 11.4. The van der Waals surface area contributed by atoms with Gasteiger partial charge in [0.15, 0.2) is 5.13 Å². The molecule has 0 aliphatic rings. The van der Waals surface area contributed by atoms with Crippen molar-refractivity contribution >= 4 is 51.3 Å². The molecule has 2 rings (SSSR count). The highest BCUT2D eigenvalue weighted by Gasteiger charge is 2.17. The van der Waals surface area contributed by atoms with Gasteiger partial charge in [-0.3, -0.25) is 14.9 Å². The Labute approximate surface area is 130 Å². The van der Waals surface area contributed by atoms with Crippen molar-refractivity contribution in [3.63, 3.8) is 0 Å². The van der Waals surface area contributed by atoms with Crippen LogP contribution in [0.2, 0.25) is 5.02 Å². The minimum atomic E-state index is -0.827. The number of nitrogens with one attached hydrogen (secondary N) is 2. The number of benzene rings is 1. The van der Waals surface area contributed by atoms with Crippen LogP contribution < -0.4 is 16.4 Å². The molecule has 0 saturated heterocycles. The Hall–Kier alpha value is -2.12. The van der Waals surface area contributed by atoms with Crippen molar-refractivity contribution in [1.29, 1.82) is 0 Å². The number of rotatable bonds is 2. The van der Waals surface area contributed by atoms with Gasteiger partial charge in [-0.15, -0.1) is 11.3 Å². The van der Waals surface area contributed by atoms with E-state index in [1.54, 1.807) is 6.07 Å². The van der Waals surface area contributed by atoms with Crippen LogP contribution in [0.5, 0.6) is 0 Å². The van der Waals surface area contributed by atoms with E-state index in [-0.39, 0.29) is 5.02 Å². The van der Waals surface area contributed by atoms with Gasteiger partial charge in [0.1, 0.15) is 0 Å². The highest BCUT2D eigenvalue weighted by Crippen LogP contribution is 2.24. The molecule has 0 aliphatic heterocycles. The number of hydrogen-bond acceptors (Lipinski definition) is 5. The van der Waals surface area contributed by atoms with Crippen LogP contribution >= 0.6 is 22.9 Å². The van der Waals surface area contributed by atoms with E-state index in [1.165, 1.54) is 23.5 Å². The summed E-state index contributed by atoms with van der Waals surface area (Å²) in [6.45, 7) is 3.71. The Bertz CT molecular complexity index is 695. The van der Waals surface area contributed by atoms with E-state index in [0.29, 0.717) is 16.5 Å². The maximum atomic E-state index is 11.8. The summed E-state index contributed by atoms with van der Waals surface area (Å²) in [5, 5.41) is 5.50. The zero-order valence-corrected chi connectivity index (χ0v) is 12.9. The first-order chi connectivity index (χ1) is 9.86. The number of nitrogens with two attached hydrogens (primary N) is 1. The van der Waals surface area contributed by atoms with E-state index in [1.807, 2.05) is 13.8 Å². The van der Waals surface area contributed by atoms with Crippen LogP contribution in [0.3, 0.4) is 0 Å². The predicted molar refractivity (Wildman–Crippen MR) is 84.7 cm³/mol. The molecule has 21 heavy (non-hydrogen) atoms. The largest absolute Gasteiger partial charge is 0.399 e. The first-order valence-electron chi connectivity index (χ1n) is 5.98. The fraction of sp³-hybridized carbons (Fsp3) is 0.154. The summed E-state index contributed by atoms with van der Waals surface area (Å²) in [5.41, 5.74) is 7.16. The van der Waals surface area contributed by atoms with Gasteiger partial charge in [0.2, 0.25) is 0 Å². The summed E-state index contributed by atoms with van der Waals surface area (Å²) in [5.74, 6) is -1.64. The van der Waals surface area contributed by atoms with Gasteiger partial charge in [-0.1, -0.05) is 11.6 Å². The van der Waals surface area contributed by atoms with Crippen molar-refractivity contribution in [2.24, 2.45) is 0 Å². The number of thiazole rings is 1. The third-order valence-electron chi connectivity index (χ3n) is 2.70. The number of halogens is 1. The Kier molecular flexibility index (Phi) is 4.44. The van der Waals surface area contributed by atoms with Crippen LogP contribution in [-0.4, -0.2) is 16.8 Å². The highest BCUT2D eigenvalue weighted by atomic mass is 35.5. The Morgan fingerprint density at radius 3 is 2.48 bits per heavy atom. The first kappa shape index (κ1) is 15.3. The molecule has 4 N–H and O–H groups in total. The molecule has 110 valence electrons. The summed E-state index contributed by atoms with van der Waals surface area (Å²) in [7, 11) is 0. The number of nitrogens with zero attached hydrogens (tertiary/aromatic N) is 1. The number of nitrogen functional groups attached to an aromatic ring is 1. The fourth-order valence-corrected chi connectivity index (χ4v) is 2.54. The molecule has 0 fully saturated rings. The second kappa shape index (κ2) is 6.11. The van der Waals surface area contributed by atoms with E-state index < -0.39 is 11.8 Å². The Balaban J connectivity index is 2.04. The SMILES string of the molecule is Cc1nc(NC(=O)C(=O)Nc2ccc(N)cc2Cl)sc1C. The topological polar surface area (TPSA) is 97.1 Å². The average Bonchev–Trinajstić information content (AvgIpc) is 2.71. The zero-order chi connectivity index (χ0) is 15.6. The molecule has 0 spiro atoms. The molecule has 1 heterocycles. The number of anilines is 3. The van der Waals surface area contributed by atoms with Crippen LogP contribution in [0.25, 0.3) is 0 Å². The standard InChI is InChI=1S/C13H13ClN4O2S/c1-6-7(2)21-13(16-6)18-12(20)11(19)17-10-4-3-8(15)5-9(10)14/h3-5H,15H2,1-2H3,(H,17,19)(H,16,18,20). The normalized spacial score (nSPS) is 10.2. The molecular formula is C13H13ClN4O2S. The third-order valence-corrected chi connectivity index (χ3v) is 4.00. The Morgan fingerprint density at radius 1 is 1.24 bits per heavy atom. The molecular weight excluding hydrogens is 312 g/mol. The van der Waals surface area contributed by atoms with Gasteiger partial charge in [0.05, 0.1) is 16.4 Å². The molecule has 2 aromatic rings. The molecule has 0 aliphatic carbocycles. The van der Waals surface area contributed by atoms with E-state index in [2.05, 4.69) is 15.6 Å². The van der Waals surface area contributed by atoms with Crippen LogP contribution in [0.15, 0.2) is 18.2 Å². The lowest BCUT2D eigenvalue weighted by Crippen LogP contribution is -2.29. The van der Waals surface area contributed by atoms with Crippen LogP contribution in [0.4, 0.5) is 16.5 Å². The van der Waals surface area contributed by atoms with Gasteiger partial charge < -0.3 is 11.1 Å². The molecule has 0 radical (unpaired) electrons. The smallest absolute Gasteiger partial charge is 0.315 e.